The number of rotatable bonds is 4. The van der Waals surface area contributed by atoms with E-state index < -0.39 is 0 Å². The van der Waals surface area contributed by atoms with Gasteiger partial charge in [0.25, 0.3) is 0 Å². The summed E-state index contributed by atoms with van der Waals surface area (Å²) in [7, 11) is 2.30. The molecule has 2 fully saturated rings. The number of ether oxygens (including phenoxy) is 1. The first-order chi connectivity index (χ1) is 7.76. The van der Waals surface area contributed by atoms with Gasteiger partial charge in [0.15, 0.2) is 0 Å². The Balaban J connectivity index is 1.89. The van der Waals surface area contributed by atoms with Gasteiger partial charge < -0.3 is 9.64 Å². The van der Waals surface area contributed by atoms with Crippen molar-refractivity contribution < 1.29 is 4.74 Å². The Kier molecular flexibility index (Phi) is 4.57. The number of nitrogens with zero attached hydrogens (tertiary/aromatic N) is 1. The van der Waals surface area contributed by atoms with Crippen LogP contribution in [-0.4, -0.2) is 43.5 Å². The van der Waals surface area contributed by atoms with E-state index in [2.05, 4.69) is 24.6 Å². The fraction of sp³-hybridized carbons (Fsp3) is 1.00. The van der Waals surface area contributed by atoms with E-state index in [0.717, 1.165) is 25.0 Å². The van der Waals surface area contributed by atoms with E-state index in [4.69, 9.17) is 4.74 Å². The second-order valence-corrected chi connectivity index (χ2v) is 5.94. The predicted octanol–water partition coefficient (Wildman–Crippen LogP) is 2.59. The molecule has 3 heteroatoms. The first-order valence-corrected chi connectivity index (χ1v) is 7.28. The quantitative estimate of drug-likeness (QED) is 0.762. The average molecular weight is 243 g/mol. The van der Waals surface area contributed by atoms with Crippen molar-refractivity contribution in [2.24, 2.45) is 5.41 Å². The van der Waals surface area contributed by atoms with Gasteiger partial charge in [0.05, 0.1) is 0 Å². The monoisotopic (exact) mass is 243 g/mol. The zero-order chi connectivity index (χ0) is 11.4. The van der Waals surface area contributed by atoms with E-state index in [1.54, 1.807) is 0 Å². The van der Waals surface area contributed by atoms with E-state index >= 15 is 0 Å². The maximum Gasteiger partial charge on any atom is 0.0472 e. The summed E-state index contributed by atoms with van der Waals surface area (Å²) >= 11 is 4.58. The molecule has 0 radical (unpaired) electrons. The standard InChI is InChI=1S/C13H25NOS/c1-14(12-4-2-3-5-12)10-13(11-16)6-8-15-9-7-13/h12,16H,2-11H2,1H3. The van der Waals surface area contributed by atoms with Crippen LogP contribution in [0.3, 0.4) is 0 Å². The lowest BCUT2D eigenvalue weighted by molar-refractivity contribution is 0.00578. The van der Waals surface area contributed by atoms with Crippen molar-refractivity contribution in [1.82, 2.24) is 4.90 Å². The van der Waals surface area contributed by atoms with Gasteiger partial charge in [-0.15, -0.1) is 0 Å². The Morgan fingerprint density at radius 3 is 2.44 bits per heavy atom. The van der Waals surface area contributed by atoms with Gasteiger partial charge >= 0.3 is 0 Å². The summed E-state index contributed by atoms with van der Waals surface area (Å²) in [5.74, 6) is 1.01. The summed E-state index contributed by atoms with van der Waals surface area (Å²) in [5.41, 5.74) is 0.415. The molecule has 2 nitrogen and oxygen atoms in total. The van der Waals surface area contributed by atoms with Crippen LogP contribution in [0.2, 0.25) is 0 Å². The van der Waals surface area contributed by atoms with Gasteiger partial charge in [-0.3, -0.25) is 0 Å². The molecule has 0 unspecified atom stereocenters. The molecule has 0 aromatic rings. The van der Waals surface area contributed by atoms with Crippen LogP contribution in [-0.2, 0) is 4.74 Å². The van der Waals surface area contributed by atoms with Crippen LogP contribution in [0.25, 0.3) is 0 Å². The van der Waals surface area contributed by atoms with Gasteiger partial charge in [0, 0.05) is 25.8 Å². The molecular weight excluding hydrogens is 218 g/mol. The largest absolute Gasteiger partial charge is 0.381 e. The molecule has 1 saturated heterocycles. The Bertz CT molecular complexity index is 210. The molecule has 0 aromatic heterocycles. The van der Waals surface area contributed by atoms with Gasteiger partial charge in [-0.05, 0) is 43.9 Å². The lowest BCUT2D eigenvalue weighted by Crippen LogP contribution is -2.44. The van der Waals surface area contributed by atoms with Crippen LogP contribution in [0.5, 0.6) is 0 Å². The molecule has 1 saturated carbocycles. The third kappa shape index (κ3) is 2.93. The first kappa shape index (κ1) is 12.7. The number of thiol groups is 1. The van der Waals surface area contributed by atoms with Crippen LogP contribution < -0.4 is 0 Å². The van der Waals surface area contributed by atoms with Crippen molar-refractivity contribution in [3.63, 3.8) is 0 Å². The van der Waals surface area contributed by atoms with E-state index in [0.29, 0.717) is 5.41 Å². The fourth-order valence-corrected chi connectivity index (χ4v) is 3.59. The van der Waals surface area contributed by atoms with Gasteiger partial charge in [-0.25, -0.2) is 0 Å². The van der Waals surface area contributed by atoms with Crippen molar-refractivity contribution in [2.45, 2.75) is 44.6 Å². The lowest BCUT2D eigenvalue weighted by Gasteiger charge is -2.40. The highest BCUT2D eigenvalue weighted by atomic mass is 32.1. The normalized spacial score (nSPS) is 26.4. The van der Waals surface area contributed by atoms with Gasteiger partial charge in [-0.2, -0.15) is 12.6 Å². The molecule has 0 bridgehead atoms. The summed E-state index contributed by atoms with van der Waals surface area (Å²) in [5, 5.41) is 0. The fourth-order valence-electron chi connectivity index (χ4n) is 3.17. The summed E-state index contributed by atoms with van der Waals surface area (Å²) in [6, 6.07) is 0.833. The van der Waals surface area contributed by atoms with Crippen molar-refractivity contribution in [3.05, 3.63) is 0 Å². The summed E-state index contributed by atoms with van der Waals surface area (Å²) < 4.78 is 5.48. The van der Waals surface area contributed by atoms with Gasteiger partial charge in [0.2, 0.25) is 0 Å². The predicted molar refractivity (Wildman–Crippen MR) is 71.2 cm³/mol. The van der Waals surface area contributed by atoms with Crippen molar-refractivity contribution in [3.8, 4) is 0 Å². The Hall–Kier alpha value is 0.270. The Labute approximate surface area is 105 Å². The van der Waals surface area contributed by atoms with Crippen LogP contribution in [0.15, 0.2) is 0 Å². The molecule has 0 aromatic carbocycles. The summed E-state index contributed by atoms with van der Waals surface area (Å²) in [4.78, 5) is 2.59. The van der Waals surface area contributed by atoms with E-state index in [1.165, 1.54) is 45.1 Å². The van der Waals surface area contributed by atoms with Crippen molar-refractivity contribution in [1.29, 1.82) is 0 Å². The minimum absolute atomic E-state index is 0.415. The highest BCUT2D eigenvalue weighted by Crippen LogP contribution is 2.34. The van der Waals surface area contributed by atoms with E-state index in [-0.39, 0.29) is 0 Å². The molecule has 16 heavy (non-hydrogen) atoms. The Morgan fingerprint density at radius 1 is 1.25 bits per heavy atom. The summed E-state index contributed by atoms with van der Waals surface area (Å²) in [6.45, 7) is 3.07. The topological polar surface area (TPSA) is 12.5 Å². The van der Waals surface area contributed by atoms with Gasteiger partial charge in [-0.1, -0.05) is 12.8 Å². The molecule has 0 N–H and O–H groups in total. The number of hydrogen-bond donors (Lipinski definition) is 1. The van der Waals surface area contributed by atoms with Crippen LogP contribution in [0, 0.1) is 5.41 Å². The molecule has 2 aliphatic rings. The molecule has 2 rings (SSSR count). The lowest BCUT2D eigenvalue weighted by atomic mass is 9.81. The second kappa shape index (κ2) is 5.74. The molecule has 0 spiro atoms. The smallest absolute Gasteiger partial charge is 0.0472 e. The molecule has 0 amide bonds. The highest BCUT2D eigenvalue weighted by molar-refractivity contribution is 7.80. The first-order valence-electron chi connectivity index (χ1n) is 6.65. The molecule has 1 heterocycles. The second-order valence-electron chi connectivity index (χ2n) is 5.62. The van der Waals surface area contributed by atoms with Crippen LogP contribution in [0.4, 0.5) is 0 Å². The third-order valence-corrected chi connectivity index (χ3v) is 5.09. The maximum absolute atomic E-state index is 5.48. The number of hydrogen-bond acceptors (Lipinski definition) is 3. The van der Waals surface area contributed by atoms with Crippen LogP contribution in [0.1, 0.15) is 38.5 Å². The zero-order valence-electron chi connectivity index (χ0n) is 10.5. The minimum Gasteiger partial charge on any atom is -0.381 e. The minimum atomic E-state index is 0.415. The SMILES string of the molecule is CN(CC1(CS)CCOCC1)C1CCCC1. The third-order valence-electron chi connectivity index (χ3n) is 4.42. The highest BCUT2D eigenvalue weighted by Gasteiger charge is 2.34. The molecular formula is C13H25NOS. The molecule has 1 aliphatic heterocycles. The molecule has 94 valence electrons. The van der Waals surface area contributed by atoms with Crippen molar-refractivity contribution in [2.75, 3.05) is 32.6 Å². The van der Waals surface area contributed by atoms with E-state index in [9.17, 15) is 0 Å². The van der Waals surface area contributed by atoms with E-state index in [1.807, 2.05) is 0 Å². The van der Waals surface area contributed by atoms with Crippen LogP contribution >= 0.6 is 12.6 Å². The van der Waals surface area contributed by atoms with Crippen molar-refractivity contribution >= 4 is 12.6 Å². The average Bonchev–Trinajstić information content (AvgIpc) is 2.84. The zero-order valence-corrected chi connectivity index (χ0v) is 11.3. The molecule has 0 atom stereocenters. The Morgan fingerprint density at radius 2 is 1.88 bits per heavy atom. The summed E-state index contributed by atoms with van der Waals surface area (Å²) in [6.07, 6.45) is 8.02. The maximum atomic E-state index is 5.48. The molecule has 1 aliphatic carbocycles. The van der Waals surface area contributed by atoms with Gasteiger partial charge in [0.1, 0.15) is 0 Å².